The van der Waals surface area contributed by atoms with Crippen LogP contribution in [0.3, 0.4) is 0 Å². The molecule has 124 valence electrons. The number of rotatable bonds is 5. The van der Waals surface area contributed by atoms with E-state index in [0.717, 1.165) is 0 Å². The average molecular weight is 316 g/mol. The van der Waals surface area contributed by atoms with E-state index in [1.54, 1.807) is 23.7 Å². The molecule has 0 radical (unpaired) electrons. The summed E-state index contributed by atoms with van der Waals surface area (Å²) in [5.41, 5.74) is 0.826. The van der Waals surface area contributed by atoms with E-state index < -0.39 is 6.10 Å². The number of carbonyl (C=O) groups excluding carboxylic acids is 1. The number of hydrogen-bond acceptors (Lipinski definition) is 3. The van der Waals surface area contributed by atoms with E-state index in [9.17, 15) is 14.7 Å². The van der Waals surface area contributed by atoms with Crippen LogP contribution in [0.2, 0.25) is 0 Å². The quantitative estimate of drug-likeness (QED) is 0.887. The number of carbonyl (C=O) groups is 1. The molecule has 0 aliphatic carbocycles. The maximum absolute atomic E-state index is 12.6. The van der Waals surface area contributed by atoms with E-state index in [0.29, 0.717) is 23.0 Å². The Morgan fingerprint density at radius 3 is 2.57 bits per heavy atom. The van der Waals surface area contributed by atoms with Gasteiger partial charge in [-0.25, -0.2) is 0 Å². The van der Waals surface area contributed by atoms with E-state index in [2.05, 4.69) is 5.32 Å². The number of para-hydroxylation sites is 1. The molecule has 0 aliphatic heterocycles. The van der Waals surface area contributed by atoms with Crippen LogP contribution >= 0.6 is 0 Å². The number of amides is 1. The van der Waals surface area contributed by atoms with Crippen molar-refractivity contribution in [3.8, 4) is 0 Å². The topological polar surface area (TPSA) is 71.3 Å². The number of nitrogens with zero attached hydrogens (tertiary/aromatic N) is 1. The summed E-state index contributed by atoms with van der Waals surface area (Å²) in [5.74, 6) is -0.303. The fourth-order valence-corrected chi connectivity index (χ4v) is 2.76. The summed E-state index contributed by atoms with van der Waals surface area (Å²) in [7, 11) is 1.76. The summed E-state index contributed by atoms with van der Waals surface area (Å²) in [4.78, 5) is 24.8. The molecular weight excluding hydrogens is 292 g/mol. The maximum atomic E-state index is 12.6. The number of nitrogens with one attached hydrogen (secondary N) is 1. The third-order valence-corrected chi connectivity index (χ3v) is 4.24. The highest BCUT2D eigenvalue weighted by molar-refractivity contribution is 5.95. The molecule has 5 nitrogen and oxygen atoms in total. The maximum Gasteiger partial charge on any atom is 0.268 e. The minimum Gasteiger partial charge on any atom is -0.391 e. The molecule has 1 amide bonds. The van der Waals surface area contributed by atoms with Gasteiger partial charge in [-0.1, -0.05) is 32.9 Å². The Hall–Kier alpha value is -2.14. The average Bonchev–Trinajstić information content (AvgIpc) is 2.55. The minimum atomic E-state index is -0.624. The zero-order valence-corrected chi connectivity index (χ0v) is 14.0. The first-order valence-corrected chi connectivity index (χ1v) is 7.94. The normalized spacial score (nSPS) is 14.0. The molecule has 1 aromatic heterocycles. The number of fused-ring (bicyclic) bond motifs is 1. The highest BCUT2D eigenvalue weighted by atomic mass is 16.3. The minimum absolute atomic E-state index is 0.0423. The van der Waals surface area contributed by atoms with Crippen LogP contribution in [0.4, 0.5) is 0 Å². The van der Waals surface area contributed by atoms with Crippen LogP contribution in [-0.4, -0.2) is 27.7 Å². The molecule has 5 heteroatoms. The van der Waals surface area contributed by atoms with Gasteiger partial charge in [0.2, 0.25) is 0 Å². The van der Waals surface area contributed by atoms with Crippen molar-refractivity contribution in [1.82, 2.24) is 9.88 Å². The number of benzene rings is 1. The highest BCUT2D eigenvalue weighted by Gasteiger charge is 2.24. The Kier molecular flexibility index (Phi) is 5.21. The number of aryl methyl sites for hydroxylation is 1. The van der Waals surface area contributed by atoms with E-state index in [1.807, 2.05) is 32.9 Å². The molecule has 2 aromatic rings. The molecular formula is C18H24N2O3. The smallest absolute Gasteiger partial charge is 0.268 e. The first-order chi connectivity index (χ1) is 10.9. The first-order valence-electron chi connectivity index (χ1n) is 7.94. The van der Waals surface area contributed by atoms with E-state index in [-0.39, 0.29) is 23.3 Å². The van der Waals surface area contributed by atoms with E-state index in [1.165, 1.54) is 6.07 Å². The second-order valence-electron chi connectivity index (χ2n) is 6.19. The third kappa shape index (κ3) is 3.45. The number of aromatic nitrogens is 1. The number of aliphatic hydroxyl groups is 1. The van der Waals surface area contributed by atoms with Crippen molar-refractivity contribution in [3.05, 3.63) is 46.2 Å². The molecule has 0 fully saturated rings. The summed E-state index contributed by atoms with van der Waals surface area (Å²) in [6, 6.07) is 8.21. The lowest BCUT2D eigenvalue weighted by atomic mass is 9.97. The lowest BCUT2D eigenvalue weighted by Crippen LogP contribution is -2.45. The summed E-state index contributed by atoms with van der Waals surface area (Å²) in [5, 5.41) is 13.6. The van der Waals surface area contributed by atoms with Gasteiger partial charge in [-0.05, 0) is 24.5 Å². The predicted molar refractivity (Wildman–Crippen MR) is 91.6 cm³/mol. The zero-order valence-electron chi connectivity index (χ0n) is 14.0. The van der Waals surface area contributed by atoms with Crippen LogP contribution in [0.25, 0.3) is 10.9 Å². The van der Waals surface area contributed by atoms with Crippen LogP contribution in [0.15, 0.2) is 35.1 Å². The Balaban J connectivity index is 2.38. The summed E-state index contributed by atoms with van der Waals surface area (Å²) < 4.78 is 1.71. The molecule has 0 saturated carbocycles. The Morgan fingerprint density at radius 2 is 1.96 bits per heavy atom. The van der Waals surface area contributed by atoms with Crippen molar-refractivity contribution in [3.63, 3.8) is 0 Å². The molecule has 2 unspecified atom stereocenters. The first kappa shape index (κ1) is 17.2. The molecule has 23 heavy (non-hydrogen) atoms. The van der Waals surface area contributed by atoms with Crippen molar-refractivity contribution in [1.29, 1.82) is 0 Å². The van der Waals surface area contributed by atoms with Crippen LogP contribution in [-0.2, 0) is 7.05 Å². The van der Waals surface area contributed by atoms with Crippen LogP contribution in [0, 0.1) is 5.92 Å². The predicted octanol–water partition coefficient (Wildman–Crippen LogP) is 2.06. The molecule has 2 atom stereocenters. The lowest BCUT2D eigenvalue weighted by Gasteiger charge is -2.26. The summed E-state index contributed by atoms with van der Waals surface area (Å²) >= 11 is 0. The third-order valence-electron chi connectivity index (χ3n) is 4.24. The highest BCUT2D eigenvalue weighted by Crippen LogP contribution is 2.13. The molecule has 2 rings (SSSR count). The van der Waals surface area contributed by atoms with Gasteiger partial charge >= 0.3 is 0 Å². The van der Waals surface area contributed by atoms with Crippen molar-refractivity contribution in [2.75, 3.05) is 0 Å². The van der Waals surface area contributed by atoms with Gasteiger partial charge < -0.3 is 15.0 Å². The van der Waals surface area contributed by atoms with Gasteiger partial charge in [-0.15, -0.1) is 0 Å². The van der Waals surface area contributed by atoms with Crippen LogP contribution in [0.1, 0.15) is 37.7 Å². The molecule has 1 aromatic carbocycles. The second-order valence-corrected chi connectivity index (χ2v) is 6.19. The fraction of sp³-hybridized carbons (Fsp3) is 0.444. The summed E-state index contributed by atoms with van der Waals surface area (Å²) in [6.07, 6.45) is -0.00600. The lowest BCUT2D eigenvalue weighted by molar-refractivity contribution is 0.0673. The van der Waals surface area contributed by atoms with Gasteiger partial charge in [0.25, 0.3) is 5.91 Å². The van der Waals surface area contributed by atoms with Crippen LogP contribution < -0.4 is 10.7 Å². The van der Waals surface area contributed by atoms with E-state index >= 15 is 0 Å². The molecule has 0 saturated heterocycles. The van der Waals surface area contributed by atoms with Gasteiger partial charge in [0, 0.05) is 18.5 Å². The van der Waals surface area contributed by atoms with Gasteiger partial charge in [0.1, 0.15) is 5.69 Å². The Labute approximate surface area is 135 Å². The molecule has 0 aliphatic rings. The molecule has 1 heterocycles. The monoisotopic (exact) mass is 316 g/mol. The fourth-order valence-electron chi connectivity index (χ4n) is 2.76. The summed E-state index contributed by atoms with van der Waals surface area (Å²) in [6.45, 7) is 5.73. The van der Waals surface area contributed by atoms with Crippen molar-refractivity contribution in [2.24, 2.45) is 13.0 Å². The zero-order chi connectivity index (χ0) is 17.1. The van der Waals surface area contributed by atoms with Gasteiger partial charge in [0.05, 0.1) is 17.7 Å². The number of aliphatic hydroxyl groups excluding tert-OH is 1. The standard InChI is InChI=1S/C18H24N2O3/c1-5-13(17(22)11(2)3)19-18(23)15-10-16(21)12-8-6-7-9-14(12)20(15)4/h6-11,13,17,22H,5H2,1-4H3,(H,19,23). The van der Waals surface area contributed by atoms with E-state index in [4.69, 9.17) is 0 Å². The van der Waals surface area contributed by atoms with Gasteiger partial charge in [-0.3, -0.25) is 9.59 Å². The van der Waals surface area contributed by atoms with Crippen molar-refractivity contribution >= 4 is 16.8 Å². The Bertz CT molecular complexity index is 764. The Morgan fingerprint density at radius 1 is 1.30 bits per heavy atom. The SMILES string of the molecule is CCC(NC(=O)c1cc(=O)c2ccccc2n1C)C(O)C(C)C. The molecule has 0 bridgehead atoms. The van der Waals surface area contributed by atoms with Crippen molar-refractivity contribution < 1.29 is 9.90 Å². The van der Waals surface area contributed by atoms with Gasteiger partial charge in [-0.2, -0.15) is 0 Å². The van der Waals surface area contributed by atoms with Crippen molar-refractivity contribution in [2.45, 2.75) is 39.3 Å². The van der Waals surface area contributed by atoms with Crippen LogP contribution in [0.5, 0.6) is 0 Å². The number of hydrogen-bond donors (Lipinski definition) is 2. The second kappa shape index (κ2) is 6.96. The molecule has 2 N–H and O–H groups in total. The molecule has 0 spiro atoms. The largest absolute Gasteiger partial charge is 0.391 e. The number of pyridine rings is 1. The van der Waals surface area contributed by atoms with Gasteiger partial charge in [0.15, 0.2) is 5.43 Å².